The molecule has 0 aromatic carbocycles. The summed E-state index contributed by atoms with van der Waals surface area (Å²) in [5.41, 5.74) is 4.14. The minimum absolute atomic E-state index is 0.000516. The van der Waals surface area contributed by atoms with Crippen molar-refractivity contribution in [1.29, 1.82) is 0 Å². The van der Waals surface area contributed by atoms with E-state index in [9.17, 15) is 4.79 Å². The molecule has 0 radical (unpaired) electrons. The van der Waals surface area contributed by atoms with Gasteiger partial charge in [0.05, 0.1) is 49.0 Å². The highest BCUT2D eigenvalue weighted by atomic mass is 16.5. The number of hydrogen-bond donors (Lipinski definition) is 2. The van der Waals surface area contributed by atoms with E-state index in [4.69, 9.17) is 19.3 Å². The molecule has 2 unspecified atom stereocenters. The van der Waals surface area contributed by atoms with Gasteiger partial charge in [-0.1, -0.05) is 0 Å². The van der Waals surface area contributed by atoms with Crippen LogP contribution in [-0.4, -0.2) is 82.8 Å². The van der Waals surface area contributed by atoms with Crippen LogP contribution < -0.4 is 10.6 Å². The third-order valence-corrected chi connectivity index (χ3v) is 7.33. The highest BCUT2D eigenvalue weighted by Gasteiger charge is 2.34. The fourth-order valence-electron chi connectivity index (χ4n) is 5.15. The van der Waals surface area contributed by atoms with Gasteiger partial charge in [0.2, 0.25) is 0 Å². The number of fused-ring (bicyclic) bond motifs is 2. The Balaban J connectivity index is 1.45. The van der Waals surface area contributed by atoms with E-state index in [0.29, 0.717) is 30.2 Å². The van der Waals surface area contributed by atoms with E-state index in [1.807, 2.05) is 31.4 Å². The third-order valence-electron chi connectivity index (χ3n) is 7.33. The molecule has 1 amide bonds. The maximum absolute atomic E-state index is 13.2. The Morgan fingerprint density at radius 3 is 2.75 bits per heavy atom. The van der Waals surface area contributed by atoms with Crippen LogP contribution in [0, 0.1) is 0 Å². The topological polar surface area (TPSA) is 117 Å². The number of hydrogen-bond acceptors (Lipinski definition) is 8. The zero-order chi connectivity index (χ0) is 24.8. The van der Waals surface area contributed by atoms with Crippen molar-refractivity contribution in [1.82, 2.24) is 29.5 Å². The Kier molecular flexibility index (Phi) is 5.82. The van der Waals surface area contributed by atoms with E-state index in [1.165, 1.54) is 0 Å². The summed E-state index contributed by atoms with van der Waals surface area (Å²) in [4.78, 5) is 22.3. The summed E-state index contributed by atoms with van der Waals surface area (Å²) in [5, 5.41) is 12.1. The number of nitrogens with zero attached hydrogens (tertiary/aromatic N) is 5. The lowest BCUT2D eigenvalue weighted by Crippen LogP contribution is -2.51. The van der Waals surface area contributed by atoms with Gasteiger partial charge in [-0.05, 0) is 31.0 Å². The van der Waals surface area contributed by atoms with Crippen LogP contribution in [0.4, 0.5) is 5.69 Å². The zero-order valence-electron chi connectivity index (χ0n) is 20.5. The lowest BCUT2D eigenvalue weighted by molar-refractivity contribution is 0.00718. The van der Waals surface area contributed by atoms with Crippen LogP contribution in [0.25, 0.3) is 27.9 Å². The Bertz CT molecular complexity index is 1430. The van der Waals surface area contributed by atoms with E-state index >= 15 is 0 Å². The van der Waals surface area contributed by atoms with Crippen molar-refractivity contribution in [3.8, 4) is 11.3 Å². The van der Waals surface area contributed by atoms with E-state index in [-0.39, 0.29) is 30.2 Å². The number of anilines is 1. The van der Waals surface area contributed by atoms with E-state index < -0.39 is 0 Å². The van der Waals surface area contributed by atoms with Gasteiger partial charge in [0.1, 0.15) is 11.8 Å². The second-order valence-electron chi connectivity index (χ2n) is 9.21. The van der Waals surface area contributed by atoms with Gasteiger partial charge in [-0.2, -0.15) is 5.10 Å². The monoisotopic (exact) mass is 491 g/mol. The van der Waals surface area contributed by atoms with Crippen molar-refractivity contribution in [2.24, 2.45) is 0 Å². The Hall–Kier alpha value is -3.54. The summed E-state index contributed by atoms with van der Waals surface area (Å²) in [6.07, 6.45) is 7.19. The molecule has 188 valence electrons. The van der Waals surface area contributed by atoms with Crippen molar-refractivity contribution in [2.75, 3.05) is 39.8 Å². The fourth-order valence-corrected chi connectivity index (χ4v) is 5.15. The van der Waals surface area contributed by atoms with Crippen molar-refractivity contribution >= 4 is 28.3 Å². The highest BCUT2D eigenvalue weighted by Crippen LogP contribution is 2.35. The first kappa shape index (κ1) is 22.9. The van der Waals surface area contributed by atoms with Gasteiger partial charge < -0.3 is 29.4 Å². The Labute approximate surface area is 207 Å². The van der Waals surface area contributed by atoms with Gasteiger partial charge in [0.25, 0.3) is 5.91 Å². The maximum atomic E-state index is 13.2. The average Bonchev–Trinajstić information content (AvgIpc) is 3.62. The predicted molar refractivity (Wildman–Crippen MR) is 133 cm³/mol. The fraction of sp³-hybridized carbons (Fsp3) is 0.440. The summed E-state index contributed by atoms with van der Waals surface area (Å²) in [6, 6.07) is 5.88. The third kappa shape index (κ3) is 3.62. The Morgan fingerprint density at radius 2 is 2.00 bits per heavy atom. The number of methoxy groups -OCH3 is 2. The summed E-state index contributed by atoms with van der Waals surface area (Å²) < 4.78 is 20.5. The zero-order valence-corrected chi connectivity index (χ0v) is 20.5. The number of ether oxygens (including phenoxy) is 3. The maximum Gasteiger partial charge on any atom is 0.271 e. The van der Waals surface area contributed by atoms with Crippen molar-refractivity contribution in [3.63, 3.8) is 0 Å². The first-order chi connectivity index (χ1) is 17.6. The summed E-state index contributed by atoms with van der Waals surface area (Å²) >= 11 is 0. The molecule has 2 fully saturated rings. The molecule has 5 heterocycles. The largest absolute Gasteiger partial charge is 0.385 e. The number of pyridine rings is 1. The average molecular weight is 492 g/mol. The number of nitrogens with one attached hydrogen (secondary N) is 2. The van der Waals surface area contributed by atoms with Crippen molar-refractivity contribution < 1.29 is 19.0 Å². The predicted octanol–water partition coefficient (Wildman–Crippen LogP) is 2.28. The van der Waals surface area contributed by atoms with Gasteiger partial charge >= 0.3 is 0 Å². The van der Waals surface area contributed by atoms with Crippen LogP contribution in [-0.2, 0) is 14.2 Å². The molecule has 1 saturated heterocycles. The van der Waals surface area contributed by atoms with Crippen LogP contribution >= 0.6 is 0 Å². The minimum atomic E-state index is -0.226. The molecule has 2 aliphatic rings. The van der Waals surface area contributed by atoms with Crippen molar-refractivity contribution in [3.05, 3.63) is 42.5 Å². The SMILES string of the molecule is CNc1cc(-c2cn([C@@H]3COC[C@H]3OC)c3ncccc23)nn2c(C(=O)NC3CCC3OC)cnc12. The van der Waals surface area contributed by atoms with Gasteiger partial charge in [0.15, 0.2) is 11.3 Å². The molecular formula is C25H29N7O4. The molecular weight excluding hydrogens is 462 g/mol. The van der Waals surface area contributed by atoms with Gasteiger partial charge in [-0.15, -0.1) is 0 Å². The molecule has 6 rings (SSSR count). The molecule has 1 saturated carbocycles. The molecule has 11 heteroatoms. The van der Waals surface area contributed by atoms with Gasteiger partial charge in [0, 0.05) is 44.6 Å². The summed E-state index contributed by atoms with van der Waals surface area (Å²) in [7, 11) is 5.20. The van der Waals surface area contributed by atoms with Crippen LogP contribution in [0.5, 0.6) is 0 Å². The standard InChI is InChI=1S/C25H29N7O4/c1-26-18-9-17(30-32-19(10-28-24(18)32)25(33)29-16-6-7-21(16)34-2)15-11-31(20-12-36-13-22(20)35-3)23-14(15)5-4-8-27-23/h4-5,8-11,16,20-22,26H,6-7,12-13H2,1-3H3,(H,29,33)/t16?,20-,21?,22-/m1/s1. The van der Waals surface area contributed by atoms with Gasteiger partial charge in [-0.25, -0.2) is 14.5 Å². The number of carbonyl (C=O) groups excluding carboxylic acids is 1. The normalized spacial score (nSPS) is 23.8. The Morgan fingerprint density at radius 1 is 1.14 bits per heavy atom. The van der Waals surface area contributed by atoms with E-state index in [1.54, 1.807) is 31.1 Å². The first-order valence-electron chi connectivity index (χ1n) is 12.1. The summed E-state index contributed by atoms with van der Waals surface area (Å²) in [5.74, 6) is -0.226. The molecule has 4 aromatic rings. The molecule has 4 aromatic heterocycles. The number of aromatic nitrogens is 5. The number of amides is 1. The van der Waals surface area contributed by atoms with Gasteiger partial charge in [-0.3, -0.25) is 4.79 Å². The molecule has 1 aliphatic heterocycles. The molecule has 0 bridgehead atoms. The summed E-state index contributed by atoms with van der Waals surface area (Å²) in [6.45, 7) is 1.08. The molecule has 0 spiro atoms. The molecule has 11 nitrogen and oxygen atoms in total. The molecule has 4 atom stereocenters. The molecule has 1 aliphatic carbocycles. The van der Waals surface area contributed by atoms with Crippen LogP contribution in [0.15, 0.2) is 36.8 Å². The van der Waals surface area contributed by atoms with E-state index in [2.05, 4.69) is 25.2 Å². The number of rotatable bonds is 7. The lowest BCUT2D eigenvalue weighted by Gasteiger charge is -2.35. The second kappa shape index (κ2) is 9.16. The lowest BCUT2D eigenvalue weighted by atomic mass is 9.89. The molecule has 2 N–H and O–H groups in total. The number of carbonyl (C=O) groups is 1. The molecule has 36 heavy (non-hydrogen) atoms. The van der Waals surface area contributed by atoms with Crippen LogP contribution in [0.3, 0.4) is 0 Å². The quantitative estimate of drug-likeness (QED) is 0.405. The van der Waals surface area contributed by atoms with Crippen LogP contribution in [0.1, 0.15) is 29.4 Å². The van der Waals surface area contributed by atoms with Crippen molar-refractivity contribution in [2.45, 2.75) is 37.1 Å². The second-order valence-corrected chi connectivity index (χ2v) is 9.21. The smallest absolute Gasteiger partial charge is 0.271 e. The van der Waals surface area contributed by atoms with E-state index in [0.717, 1.165) is 35.1 Å². The van der Waals surface area contributed by atoms with Crippen LogP contribution in [0.2, 0.25) is 0 Å². The minimum Gasteiger partial charge on any atom is -0.385 e. The number of imidazole rings is 1. The first-order valence-corrected chi connectivity index (χ1v) is 12.1. The highest BCUT2D eigenvalue weighted by molar-refractivity contribution is 5.96.